The summed E-state index contributed by atoms with van der Waals surface area (Å²) in [5.74, 6) is -1.13. The molecular weight excluding hydrogens is 573 g/mol. The van der Waals surface area contributed by atoms with Crippen molar-refractivity contribution < 1.29 is 22.8 Å². The zero-order chi connectivity index (χ0) is 31.2. The summed E-state index contributed by atoms with van der Waals surface area (Å²) in [6.07, 6.45) is -1.19. The first kappa shape index (κ1) is 31.6. The van der Waals surface area contributed by atoms with Crippen LogP contribution in [0.3, 0.4) is 0 Å². The van der Waals surface area contributed by atoms with E-state index in [1.54, 1.807) is 20.8 Å². The van der Waals surface area contributed by atoms with Crippen molar-refractivity contribution >= 4 is 52.8 Å². The predicted molar refractivity (Wildman–Crippen MR) is 155 cm³/mol. The third-order valence-corrected chi connectivity index (χ3v) is 5.64. The van der Waals surface area contributed by atoms with Crippen LogP contribution >= 0.6 is 11.6 Å². The first-order valence-corrected chi connectivity index (χ1v) is 12.7. The second kappa shape index (κ2) is 13.1. The van der Waals surface area contributed by atoms with Gasteiger partial charge in [-0.1, -0.05) is 24.3 Å². The van der Waals surface area contributed by atoms with Crippen LogP contribution in [0.25, 0.3) is 5.82 Å². The van der Waals surface area contributed by atoms with E-state index >= 15 is 0 Å². The second-order valence-electron chi connectivity index (χ2n) is 9.16. The summed E-state index contributed by atoms with van der Waals surface area (Å²) in [5.41, 5.74) is -0.132. The number of pyridine rings is 1. The van der Waals surface area contributed by atoms with Crippen molar-refractivity contribution in [3.8, 4) is 6.07 Å². The highest BCUT2D eigenvalue weighted by atomic mass is 35.5. The molecule has 0 saturated heterocycles. The number of nitrogens with one attached hydrogen (secondary N) is 3. The van der Waals surface area contributed by atoms with Gasteiger partial charge in [-0.05, 0) is 57.5 Å². The lowest BCUT2D eigenvalue weighted by Crippen LogP contribution is -2.31. The number of benzene rings is 1. The van der Waals surface area contributed by atoms with Crippen molar-refractivity contribution in [1.82, 2.24) is 20.1 Å². The average molecular weight is 599 g/mol. The van der Waals surface area contributed by atoms with Crippen LogP contribution < -0.4 is 16.0 Å². The Kier molecular flexibility index (Phi) is 9.87. The highest BCUT2D eigenvalue weighted by Gasteiger charge is 2.31. The van der Waals surface area contributed by atoms with Gasteiger partial charge in [0.2, 0.25) is 0 Å². The SMILES string of the molecule is C=C/C=N\C(=C(/C)Cl)n1nc(Nc2ccc(C(F)(F)F)cn2)cc1C(=O)Nc1c(C)cc(C#N)cc1C(=O)NC(C)C. The monoisotopic (exact) mass is 598 g/mol. The van der Waals surface area contributed by atoms with Crippen LogP contribution in [-0.2, 0) is 6.18 Å². The Hall–Kier alpha value is -4.96. The molecule has 0 spiro atoms. The number of anilines is 3. The van der Waals surface area contributed by atoms with E-state index in [0.29, 0.717) is 11.8 Å². The number of halogens is 4. The zero-order valence-electron chi connectivity index (χ0n) is 23.0. The number of allylic oxidation sites excluding steroid dienone is 2. The third kappa shape index (κ3) is 7.61. The van der Waals surface area contributed by atoms with Crippen molar-refractivity contribution in [2.75, 3.05) is 10.6 Å². The summed E-state index contributed by atoms with van der Waals surface area (Å²) in [7, 11) is 0. The normalized spacial score (nSPS) is 12.1. The van der Waals surface area contributed by atoms with Crippen molar-refractivity contribution in [1.29, 1.82) is 5.26 Å². The van der Waals surface area contributed by atoms with Crippen LogP contribution in [0.1, 0.15) is 58.3 Å². The lowest BCUT2D eigenvalue weighted by atomic mass is 10.0. The standard InChI is InChI=1S/C28H26ClF3N8O2/c1-6-9-34-25(17(5)29)40-21(12-23(39-40)37-22-8-7-19(14-35-22)28(30,31)32)27(42)38-24-16(4)10-18(13-33)11-20(24)26(41)36-15(2)3/h6-12,14-15H,1H2,2-5H3,(H,36,41)(H,38,42)(H,35,37,39)/b25-17-,34-9-. The van der Waals surface area contributed by atoms with Crippen LogP contribution in [0.15, 0.2) is 59.2 Å². The molecule has 0 aliphatic heterocycles. The Labute approximate surface area is 244 Å². The van der Waals surface area contributed by atoms with Crippen LogP contribution in [0, 0.1) is 18.3 Å². The van der Waals surface area contributed by atoms with Gasteiger partial charge in [0.15, 0.2) is 11.6 Å². The fourth-order valence-corrected chi connectivity index (χ4v) is 3.79. The van der Waals surface area contributed by atoms with Gasteiger partial charge in [-0.25, -0.2) is 14.7 Å². The quantitative estimate of drug-likeness (QED) is 0.249. The maximum absolute atomic E-state index is 13.7. The van der Waals surface area contributed by atoms with Crippen LogP contribution in [-0.4, -0.2) is 38.8 Å². The van der Waals surface area contributed by atoms with Gasteiger partial charge < -0.3 is 16.0 Å². The summed E-state index contributed by atoms with van der Waals surface area (Å²) >= 11 is 6.27. The number of alkyl halides is 3. The van der Waals surface area contributed by atoms with Gasteiger partial charge >= 0.3 is 6.18 Å². The summed E-state index contributed by atoms with van der Waals surface area (Å²) < 4.78 is 40.0. The molecule has 14 heteroatoms. The molecule has 0 unspecified atom stereocenters. The highest BCUT2D eigenvalue weighted by Crippen LogP contribution is 2.30. The van der Waals surface area contributed by atoms with Gasteiger partial charge in [-0.15, -0.1) is 5.10 Å². The molecule has 0 atom stereocenters. The van der Waals surface area contributed by atoms with Crippen molar-refractivity contribution in [3.63, 3.8) is 0 Å². The van der Waals surface area contributed by atoms with E-state index in [9.17, 15) is 28.0 Å². The van der Waals surface area contributed by atoms with Gasteiger partial charge in [0, 0.05) is 24.5 Å². The van der Waals surface area contributed by atoms with Gasteiger partial charge in [0.25, 0.3) is 11.8 Å². The number of nitriles is 1. The summed E-state index contributed by atoms with van der Waals surface area (Å²) in [6, 6.07) is 7.93. The Morgan fingerprint density at radius 3 is 2.45 bits per heavy atom. The number of carbonyl (C=O) groups excluding carboxylic acids is 2. The Bertz CT molecular complexity index is 1610. The molecule has 218 valence electrons. The van der Waals surface area contributed by atoms with E-state index in [-0.39, 0.29) is 51.0 Å². The molecule has 10 nitrogen and oxygen atoms in total. The van der Waals surface area contributed by atoms with E-state index in [1.807, 2.05) is 6.07 Å². The molecule has 2 heterocycles. The average Bonchev–Trinajstić information content (AvgIpc) is 3.32. The van der Waals surface area contributed by atoms with Gasteiger partial charge in [0.05, 0.1) is 33.5 Å². The molecule has 0 aliphatic carbocycles. The van der Waals surface area contributed by atoms with Gasteiger partial charge in [-0.2, -0.15) is 18.4 Å². The number of aliphatic imine (C=N–C) groups is 1. The van der Waals surface area contributed by atoms with Gasteiger partial charge in [-0.3, -0.25) is 9.59 Å². The maximum atomic E-state index is 13.7. The molecule has 0 bridgehead atoms. The molecule has 3 rings (SSSR count). The third-order valence-electron chi connectivity index (χ3n) is 5.47. The number of carbonyl (C=O) groups is 2. The number of hydrogen-bond acceptors (Lipinski definition) is 7. The summed E-state index contributed by atoms with van der Waals surface area (Å²) in [4.78, 5) is 34.6. The number of nitrogens with zero attached hydrogens (tertiary/aromatic N) is 5. The number of amides is 2. The number of hydrogen-bond donors (Lipinski definition) is 3. The van der Waals surface area contributed by atoms with E-state index < -0.39 is 23.6 Å². The highest BCUT2D eigenvalue weighted by molar-refractivity contribution is 6.31. The summed E-state index contributed by atoms with van der Waals surface area (Å²) in [5, 5.41) is 22.1. The molecular formula is C28H26ClF3N8O2. The number of aromatic nitrogens is 3. The van der Waals surface area contributed by atoms with Crippen molar-refractivity contribution in [3.05, 3.63) is 82.2 Å². The lowest BCUT2D eigenvalue weighted by molar-refractivity contribution is -0.137. The number of rotatable bonds is 9. The van der Waals surface area contributed by atoms with E-state index in [0.717, 1.165) is 16.8 Å². The molecule has 0 saturated carbocycles. The van der Waals surface area contributed by atoms with Crippen LogP contribution in [0.5, 0.6) is 0 Å². The Morgan fingerprint density at radius 1 is 1.19 bits per heavy atom. The minimum absolute atomic E-state index is 0.0258. The Morgan fingerprint density at radius 2 is 1.90 bits per heavy atom. The molecule has 2 amide bonds. The van der Waals surface area contributed by atoms with E-state index in [4.69, 9.17) is 11.6 Å². The van der Waals surface area contributed by atoms with Gasteiger partial charge in [0.1, 0.15) is 11.5 Å². The minimum Gasteiger partial charge on any atom is -0.350 e. The largest absolute Gasteiger partial charge is 0.417 e. The molecule has 42 heavy (non-hydrogen) atoms. The van der Waals surface area contributed by atoms with Crippen molar-refractivity contribution in [2.45, 2.75) is 39.9 Å². The molecule has 0 aliphatic rings. The summed E-state index contributed by atoms with van der Waals surface area (Å²) in [6.45, 7) is 10.2. The number of aryl methyl sites for hydroxylation is 1. The first-order chi connectivity index (χ1) is 19.7. The predicted octanol–water partition coefficient (Wildman–Crippen LogP) is 6.25. The maximum Gasteiger partial charge on any atom is 0.417 e. The Balaban J connectivity index is 2.10. The smallest absolute Gasteiger partial charge is 0.350 e. The molecule has 3 N–H and O–H groups in total. The van der Waals surface area contributed by atoms with E-state index in [1.165, 1.54) is 37.4 Å². The molecule has 0 fully saturated rings. The van der Waals surface area contributed by atoms with Crippen LogP contribution in [0.4, 0.5) is 30.5 Å². The molecule has 0 radical (unpaired) electrons. The lowest BCUT2D eigenvalue weighted by Gasteiger charge is -2.16. The second-order valence-corrected chi connectivity index (χ2v) is 9.73. The fraction of sp³-hybridized carbons (Fsp3) is 0.214. The van der Waals surface area contributed by atoms with E-state index in [2.05, 4.69) is 37.6 Å². The zero-order valence-corrected chi connectivity index (χ0v) is 23.7. The molecule has 1 aromatic carbocycles. The minimum atomic E-state index is -4.56. The fourth-order valence-electron chi connectivity index (χ4n) is 3.66. The first-order valence-electron chi connectivity index (χ1n) is 12.3. The van der Waals surface area contributed by atoms with Crippen LogP contribution in [0.2, 0.25) is 0 Å². The molecule has 3 aromatic rings. The van der Waals surface area contributed by atoms with Crippen molar-refractivity contribution in [2.24, 2.45) is 4.99 Å². The molecule has 2 aromatic heterocycles. The topological polar surface area (TPSA) is 137 Å².